The Balaban J connectivity index is 1.55. The highest BCUT2D eigenvalue weighted by Crippen LogP contribution is 2.20. The van der Waals surface area contributed by atoms with E-state index in [9.17, 15) is 18.0 Å². The van der Waals surface area contributed by atoms with E-state index in [1.54, 1.807) is 18.7 Å². The second-order valence-corrected chi connectivity index (χ2v) is 10.6. The lowest BCUT2D eigenvalue weighted by Crippen LogP contribution is -2.51. The van der Waals surface area contributed by atoms with Gasteiger partial charge in [0.15, 0.2) is 0 Å². The molecule has 1 fully saturated rings. The summed E-state index contributed by atoms with van der Waals surface area (Å²) < 4.78 is 26.6. The molecule has 3 rings (SSSR count). The number of carbonyl (C=O) groups is 2. The number of anilines is 1. The minimum Gasteiger partial charge on any atom is -0.368 e. The summed E-state index contributed by atoms with van der Waals surface area (Å²) in [7, 11) is -2.21. The molecule has 10 heteroatoms. The van der Waals surface area contributed by atoms with Gasteiger partial charge in [0, 0.05) is 55.5 Å². The Hall–Kier alpha value is -2.62. The van der Waals surface area contributed by atoms with E-state index in [4.69, 9.17) is 11.6 Å². The Kier molecular flexibility index (Phi) is 7.99. The SMILES string of the molecule is CC(C)N(C)S(=O)(=O)c1cccc(C(=O)NCC(=O)N2CCN(c3ccc(Cl)cc3)CC2)c1. The molecule has 1 saturated heterocycles. The number of hydrogen-bond acceptors (Lipinski definition) is 5. The third-order valence-corrected chi connectivity index (χ3v) is 8.01. The number of nitrogens with one attached hydrogen (secondary N) is 1. The Labute approximate surface area is 200 Å². The molecule has 2 amide bonds. The number of piperazine rings is 1. The van der Waals surface area contributed by atoms with Crippen molar-refractivity contribution in [2.24, 2.45) is 0 Å². The summed E-state index contributed by atoms with van der Waals surface area (Å²) in [4.78, 5) is 29.1. The first-order valence-electron chi connectivity index (χ1n) is 10.7. The number of benzene rings is 2. The molecular formula is C23H29ClN4O4S. The van der Waals surface area contributed by atoms with Gasteiger partial charge in [-0.2, -0.15) is 4.31 Å². The largest absolute Gasteiger partial charge is 0.368 e. The fraction of sp³-hybridized carbons (Fsp3) is 0.391. The number of nitrogens with zero attached hydrogens (tertiary/aromatic N) is 3. The fourth-order valence-electron chi connectivity index (χ4n) is 3.48. The van der Waals surface area contributed by atoms with Crippen molar-refractivity contribution in [2.45, 2.75) is 24.8 Å². The second-order valence-electron chi connectivity index (χ2n) is 8.17. The van der Waals surface area contributed by atoms with Crippen molar-refractivity contribution in [2.75, 3.05) is 44.7 Å². The van der Waals surface area contributed by atoms with E-state index < -0.39 is 15.9 Å². The molecule has 0 radical (unpaired) electrons. The average molecular weight is 493 g/mol. The van der Waals surface area contributed by atoms with Crippen molar-refractivity contribution in [1.82, 2.24) is 14.5 Å². The highest BCUT2D eigenvalue weighted by atomic mass is 35.5. The molecular weight excluding hydrogens is 464 g/mol. The Morgan fingerprint density at radius 3 is 2.30 bits per heavy atom. The number of rotatable bonds is 7. The van der Waals surface area contributed by atoms with Gasteiger partial charge in [-0.1, -0.05) is 17.7 Å². The summed E-state index contributed by atoms with van der Waals surface area (Å²) in [5.41, 5.74) is 1.24. The highest BCUT2D eigenvalue weighted by molar-refractivity contribution is 7.89. The molecule has 0 spiro atoms. The monoisotopic (exact) mass is 492 g/mol. The minimum atomic E-state index is -3.71. The molecule has 2 aromatic carbocycles. The summed E-state index contributed by atoms with van der Waals surface area (Å²) >= 11 is 5.94. The minimum absolute atomic E-state index is 0.0380. The van der Waals surface area contributed by atoms with E-state index in [1.807, 2.05) is 24.3 Å². The smallest absolute Gasteiger partial charge is 0.251 e. The first-order chi connectivity index (χ1) is 15.6. The van der Waals surface area contributed by atoms with Gasteiger partial charge >= 0.3 is 0 Å². The molecule has 178 valence electrons. The van der Waals surface area contributed by atoms with Crippen LogP contribution in [0.1, 0.15) is 24.2 Å². The van der Waals surface area contributed by atoms with Crippen LogP contribution in [0.4, 0.5) is 5.69 Å². The molecule has 0 saturated carbocycles. The van der Waals surface area contributed by atoms with Crippen molar-refractivity contribution in [3.63, 3.8) is 0 Å². The highest BCUT2D eigenvalue weighted by Gasteiger charge is 2.25. The first-order valence-corrected chi connectivity index (χ1v) is 12.6. The maximum absolute atomic E-state index is 12.7. The lowest BCUT2D eigenvalue weighted by molar-refractivity contribution is -0.130. The zero-order valence-corrected chi connectivity index (χ0v) is 20.6. The molecule has 1 heterocycles. The lowest BCUT2D eigenvalue weighted by Gasteiger charge is -2.36. The summed E-state index contributed by atoms with van der Waals surface area (Å²) in [6.07, 6.45) is 0. The van der Waals surface area contributed by atoms with E-state index >= 15 is 0 Å². The van der Waals surface area contributed by atoms with Crippen LogP contribution in [0.3, 0.4) is 0 Å². The van der Waals surface area contributed by atoms with Crippen molar-refractivity contribution < 1.29 is 18.0 Å². The summed E-state index contributed by atoms with van der Waals surface area (Å²) in [5.74, 6) is -0.671. The van der Waals surface area contributed by atoms with Crippen LogP contribution < -0.4 is 10.2 Å². The molecule has 2 aromatic rings. The summed E-state index contributed by atoms with van der Waals surface area (Å²) in [6.45, 7) is 5.86. The molecule has 0 atom stereocenters. The maximum Gasteiger partial charge on any atom is 0.251 e. The van der Waals surface area contributed by atoms with E-state index in [1.165, 1.54) is 35.6 Å². The number of halogens is 1. The van der Waals surface area contributed by atoms with Gasteiger partial charge in [-0.25, -0.2) is 8.42 Å². The quantitative estimate of drug-likeness (QED) is 0.641. The average Bonchev–Trinajstić information content (AvgIpc) is 2.82. The van der Waals surface area contributed by atoms with Gasteiger partial charge in [0.2, 0.25) is 15.9 Å². The normalized spacial score (nSPS) is 14.6. The van der Waals surface area contributed by atoms with Crippen LogP contribution in [0.25, 0.3) is 0 Å². The third-order valence-electron chi connectivity index (χ3n) is 5.72. The van der Waals surface area contributed by atoms with Gasteiger partial charge in [-0.15, -0.1) is 0 Å². The second kappa shape index (κ2) is 10.5. The van der Waals surface area contributed by atoms with Crippen LogP contribution in [-0.2, 0) is 14.8 Å². The lowest BCUT2D eigenvalue weighted by atomic mass is 10.2. The molecule has 1 aliphatic rings. The van der Waals surface area contributed by atoms with Gasteiger partial charge in [0.05, 0.1) is 11.4 Å². The Morgan fingerprint density at radius 2 is 1.70 bits per heavy atom. The first kappa shape index (κ1) is 25.0. The fourth-order valence-corrected chi connectivity index (χ4v) is 5.02. The van der Waals surface area contributed by atoms with Crippen molar-refractivity contribution >= 4 is 39.1 Å². The molecule has 0 unspecified atom stereocenters. The van der Waals surface area contributed by atoms with Gasteiger partial charge in [0.1, 0.15) is 0 Å². The van der Waals surface area contributed by atoms with Gasteiger partial charge in [-0.3, -0.25) is 9.59 Å². The predicted octanol–water partition coefficient (Wildman–Crippen LogP) is 2.45. The van der Waals surface area contributed by atoms with E-state index in [0.717, 1.165) is 5.69 Å². The number of amides is 2. The van der Waals surface area contributed by atoms with Crippen LogP contribution >= 0.6 is 11.6 Å². The molecule has 0 aliphatic carbocycles. The zero-order valence-electron chi connectivity index (χ0n) is 19.0. The summed E-state index contributed by atoms with van der Waals surface area (Å²) in [6, 6.07) is 13.2. The van der Waals surface area contributed by atoms with E-state index in [0.29, 0.717) is 31.2 Å². The van der Waals surface area contributed by atoms with Crippen LogP contribution in [-0.4, -0.2) is 75.3 Å². The molecule has 0 bridgehead atoms. The zero-order chi connectivity index (χ0) is 24.2. The molecule has 8 nitrogen and oxygen atoms in total. The van der Waals surface area contributed by atoms with Crippen LogP contribution in [0, 0.1) is 0 Å². The van der Waals surface area contributed by atoms with Crippen molar-refractivity contribution in [3.8, 4) is 0 Å². The van der Waals surface area contributed by atoms with E-state index in [2.05, 4.69) is 10.2 Å². The van der Waals surface area contributed by atoms with Gasteiger partial charge in [-0.05, 0) is 56.3 Å². The molecule has 33 heavy (non-hydrogen) atoms. The van der Waals surface area contributed by atoms with E-state index in [-0.39, 0.29) is 29.0 Å². The van der Waals surface area contributed by atoms with Crippen molar-refractivity contribution in [1.29, 1.82) is 0 Å². The van der Waals surface area contributed by atoms with Crippen LogP contribution in [0.15, 0.2) is 53.4 Å². The molecule has 1 aliphatic heterocycles. The van der Waals surface area contributed by atoms with Crippen molar-refractivity contribution in [3.05, 3.63) is 59.1 Å². The topological polar surface area (TPSA) is 90.0 Å². The molecule has 1 N–H and O–H groups in total. The number of carbonyl (C=O) groups excluding carboxylic acids is 2. The number of sulfonamides is 1. The van der Waals surface area contributed by atoms with Crippen LogP contribution in [0.2, 0.25) is 5.02 Å². The molecule has 0 aromatic heterocycles. The van der Waals surface area contributed by atoms with Gasteiger partial charge in [0.25, 0.3) is 5.91 Å². The standard InChI is InChI=1S/C23H29ClN4O4S/c1-17(2)26(3)33(31,32)21-6-4-5-18(15-21)23(30)25-16-22(29)28-13-11-27(12-14-28)20-9-7-19(24)8-10-20/h4-10,15,17H,11-14,16H2,1-3H3,(H,25,30). The Bertz CT molecular complexity index is 1100. The van der Waals surface area contributed by atoms with Gasteiger partial charge < -0.3 is 15.1 Å². The number of hydrogen-bond donors (Lipinski definition) is 1. The third kappa shape index (κ3) is 6.04. The maximum atomic E-state index is 12.7. The Morgan fingerprint density at radius 1 is 1.06 bits per heavy atom. The van der Waals surface area contributed by atoms with Crippen LogP contribution in [0.5, 0.6) is 0 Å². The predicted molar refractivity (Wildman–Crippen MR) is 129 cm³/mol. The summed E-state index contributed by atoms with van der Waals surface area (Å²) in [5, 5.41) is 3.29.